The van der Waals surface area contributed by atoms with Gasteiger partial charge in [-0.3, -0.25) is 0 Å². The molecule has 0 aliphatic heterocycles. The number of hydrogen-bond donors (Lipinski definition) is 1. The summed E-state index contributed by atoms with van der Waals surface area (Å²) >= 11 is 0. The summed E-state index contributed by atoms with van der Waals surface area (Å²) in [5.74, 6) is 0. The van der Waals surface area contributed by atoms with Crippen LogP contribution in [0.3, 0.4) is 0 Å². The Labute approximate surface area is 98.1 Å². The van der Waals surface area contributed by atoms with Crippen molar-refractivity contribution in [1.29, 1.82) is 0 Å². The number of nitrogens with two attached hydrogens (primary N) is 1. The molecular formula is C11H13NPb. The molecule has 0 saturated carbocycles. The Hall–Kier alpha value is -0.418. The first-order chi connectivity index (χ1) is 5.92. The van der Waals surface area contributed by atoms with Gasteiger partial charge in [-0.1, -0.05) is 42.5 Å². The molecule has 2 aromatic rings. The van der Waals surface area contributed by atoms with E-state index in [9.17, 15) is 0 Å². The Bertz CT molecular complexity index is 393. The first-order valence-electron chi connectivity index (χ1n) is 4.08. The van der Waals surface area contributed by atoms with Crippen LogP contribution in [-0.4, -0.2) is 27.3 Å². The summed E-state index contributed by atoms with van der Waals surface area (Å²) in [5, 5.41) is 2.53. The van der Waals surface area contributed by atoms with Gasteiger partial charge < -0.3 is 5.73 Å². The molecule has 66 valence electrons. The zero-order valence-corrected chi connectivity index (χ0v) is 13.0. The van der Waals surface area contributed by atoms with Crippen LogP contribution in [0.4, 0.5) is 0 Å². The van der Waals surface area contributed by atoms with Crippen LogP contribution >= 0.6 is 0 Å². The average molecular weight is 366 g/mol. The minimum atomic E-state index is 0. The van der Waals surface area contributed by atoms with Crippen LogP contribution in [0.5, 0.6) is 0 Å². The first kappa shape index (κ1) is 10.7. The van der Waals surface area contributed by atoms with E-state index in [1.807, 2.05) is 18.2 Å². The third-order valence-corrected chi connectivity index (χ3v) is 2.10. The number of benzene rings is 2. The molecule has 0 unspecified atom stereocenters. The third kappa shape index (κ3) is 2.09. The molecule has 0 saturated heterocycles. The summed E-state index contributed by atoms with van der Waals surface area (Å²) in [6.07, 6.45) is 0. The van der Waals surface area contributed by atoms with Crippen molar-refractivity contribution in [2.75, 3.05) is 0 Å². The molecule has 0 atom stereocenters. The molecule has 2 rings (SSSR count). The SMILES string of the molecule is NCc1cccc2ccccc12.[PbH2]. The van der Waals surface area contributed by atoms with Crippen LogP contribution in [-0.2, 0) is 6.54 Å². The maximum absolute atomic E-state index is 5.62. The molecule has 0 bridgehead atoms. The molecule has 0 aliphatic rings. The summed E-state index contributed by atoms with van der Waals surface area (Å²) in [6.45, 7) is 0.612. The van der Waals surface area contributed by atoms with Crippen molar-refractivity contribution in [3.8, 4) is 0 Å². The van der Waals surface area contributed by atoms with Crippen molar-refractivity contribution in [2.45, 2.75) is 6.54 Å². The van der Waals surface area contributed by atoms with E-state index in [1.165, 1.54) is 16.3 Å². The average Bonchev–Trinajstić information content (AvgIpc) is 2.17. The standard InChI is InChI=1S/C11H11N.Pb.2H/c12-8-10-6-3-5-9-4-1-2-7-11(9)10;;;/h1-7H,8,12H2;;;. The summed E-state index contributed by atoms with van der Waals surface area (Å²) in [5.41, 5.74) is 6.83. The van der Waals surface area contributed by atoms with E-state index < -0.39 is 0 Å². The molecule has 2 heteroatoms. The Morgan fingerprint density at radius 1 is 0.923 bits per heavy atom. The van der Waals surface area contributed by atoms with Crippen LogP contribution in [0.2, 0.25) is 0 Å². The van der Waals surface area contributed by atoms with Crippen molar-refractivity contribution < 1.29 is 0 Å². The van der Waals surface area contributed by atoms with Gasteiger partial charge in [0.15, 0.2) is 0 Å². The van der Waals surface area contributed by atoms with Gasteiger partial charge in [0.05, 0.1) is 0 Å². The predicted molar refractivity (Wildman–Crippen MR) is 60.4 cm³/mol. The van der Waals surface area contributed by atoms with E-state index in [1.54, 1.807) is 0 Å². The van der Waals surface area contributed by atoms with Crippen LogP contribution in [0.25, 0.3) is 10.8 Å². The summed E-state index contributed by atoms with van der Waals surface area (Å²) in [7, 11) is 0. The molecule has 1 nitrogen and oxygen atoms in total. The Morgan fingerprint density at radius 3 is 2.38 bits per heavy atom. The van der Waals surface area contributed by atoms with E-state index >= 15 is 0 Å². The number of fused-ring (bicyclic) bond motifs is 1. The maximum atomic E-state index is 5.62. The zero-order valence-electron chi connectivity index (χ0n) is 7.53. The van der Waals surface area contributed by atoms with Gasteiger partial charge in [0.25, 0.3) is 0 Å². The van der Waals surface area contributed by atoms with E-state index in [4.69, 9.17) is 5.73 Å². The second kappa shape index (κ2) is 4.72. The molecule has 13 heavy (non-hydrogen) atoms. The molecule has 2 aromatic carbocycles. The molecular weight excluding hydrogens is 353 g/mol. The van der Waals surface area contributed by atoms with Crippen LogP contribution in [0.1, 0.15) is 5.56 Å². The Balaban J connectivity index is 0.000000845. The fourth-order valence-electron chi connectivity index (χ4n) is 1.47. The van der Waals surface area contributed by atoms with E-state index in [0.29, 0.717) is 6.54 Å². The Kier molecular flexibility index (Phi) is 3.87. The van der Waals surface area contributed by atoms with Gasteiger partial charge in [0.1, 0.15) is 0 Å². The second-order valence-corrected chi connectivity index (χ2v) is 2.84. The Morgan fingerprint density at radius 2 is 1.62 bits per heavy atom. The summed E-state index contributed by atoms with van der Waals surface area (Å²) < 4.78 is 0. The van der Waals surface area contributed by atoms with Gasteiger partial charge in [-0.05, 0) is 16.3 Å². The van der Waals surface area contributed by atoms with Gasteiger partial charge in [0.2, 0.25) is 0 Å². The monoisotopic (exact) mass is 367 g/mol. The summed E-state index contributed by atoms with van der Waals surface area (Å²) in [4.78, 5) is 0. The molecule has 0 fully saturated rings. The molecule has 0 aromatic heterocycles. The van der Waals surface area contributed by atoms with Crippen molar-refractivity contribution in [3.63, 3.8) is 0 Å². The first-order valence-corrected chi connectivity index (χ1v) is 4.08. The van der Waals surface area contributed by atoms with Gasteiger partial charge in [-0.25, -0.2) is 0 Å². The van der Waals surface area contributed by atoms with E-state index in [-0.39, 0.29) is 27.3 Å². The molecule has 0 amide bonds. The van der Waals surface area contributed by atoms with Gasteiger partial charge >= 0.3 is 27.3 Å². The van der Waals surface area contributed by atoms with Crippen molar-refractivity contribution in [3.05, 3.63) is 48.0 Å². The fourth-order valence-corrected chi connectivity index (χ4v) is 1.47. The van der Waals surface area contributed by atoms with Crippen LogP contribution < -0.4 is 5.73 Å². The van der Waals surface area contributed by atoms with Crippen LogP contribution in [0.15, 0.2) is 42.5 Å². The quantitative estimate of drug-likeness (QED) is 0.759. The van der Waals surface area contributed by atoms with Gasteiger partial charge in [0, 0.05) is 6.54 Å². The van der Waals surface area contributed by atoms with Gasteiger partial charge in [-0.2, -0.15) is 0 Å². The third-order valence-electron chi connectivity index (χ3n) is 2.10. The minimum absolute atomic E-state index is 0. The molecule has 0 spiro atoms. The zero-order chi connectivity index (χ0) is 8.39. The van der Waals surface area contributed by atoms with Crippen molar-refractivity contribution in [2.24, 2.45) is 5.73 Å². The second-order valence-electron chi connectivity index (χ2n) is 2.84. The van der Waals surface area contributed by atoms with Crippen molar-refractivity contribution in [1.82, 2.24) is 0 Å². The topological polar surface area (TPSA) is 26.0 Å². The summed E-state index contributed by atoms with van der Waals surface area (Å²) in [6, 6.07) is 14.5. The van der Waals surface area contributed by atoms with E-state index in [0.717, 1.165) is 0 Å². The van der Waals surface area contributed by atoms with E-state index in [2.05, 4.69) is 24.3 Å². The van der Waals surface area contributed by atoms with Crippen LogP contribution in [0, 0.1) is 0 Å². The fraction of sp³-hybridized carbons (Fsp3) is 0.0909. The molecule has 2 radical (unpaired) electrons. The molecule has 0 aliphatic carbocycles. The molecule has 2 N–H and O–H groups in total. The predicted octanol–water partition coefficient (Wildman–Crippen LogP) is 1.38. The van der Waals surface area contributed by atoms with Gasteiger partial charge in [-0.15, -0.1) is 0 Å². The number of hydrogen-bond acceptors (Lipinski definition) is 1. The number of rotatable bonds is 1. The van der Waals surface area contributed by atoms with Crippen molar-refractivity contribution >= 4 is 38.1 Å². The molecule has 0 heterocycles. The normalized spacial score (nSPS) is 9.62.